The van der Waals surface area contributed by atoms with Crippen LogP contribution in [0.2, 0.25) is 0 Å². The van der Waals surface area contributed by atoms with Gasteiger partial charge in [0.1, 0.15) is 11.5 Å². The fraction of sp³-hybridized carbons (Fsp3) is 0.130. The van der Waals surface area contributed by atoms with E-state index in [0.29, 0.717) is 12.2 Å². The zero-order valence-corrected chi connectivity index (χ0v) is 17.3. The number of amides is 1. The molecule has 1 atom stereocenters. The normalized spacial score (nSPS) is 15.7. The molecule has 0 radical (unpaired) electrons. The van der Waals surface area contributed by atoms with E-state index in [1.54, 1.807) is 6.26 Å². The Morgan fingerprint density at radius 1 is 1.14 bits per heavy atom. The largest absolute Gasteiger partial charge is 0.467 e. The van der Waals surface area contributed by atoms with Crippen molar-refractivity contribution in [1.29, 1.82) is 0 Å². The summed E-state index contributed by atoms with van der Waals surface area (Å²) >= 11 is 3.56. The number of aromatic nitrogens is 2. The number of hydrogen-bond donors (Lipinski definition) is 1. The van der Waals surface area contributed by atoms with Gasteiger partial charge in [-0.05, 0) is 36.8 Å². The summed E-state index contributed by atoms with van der Waals surface area (Å²) in [4.78, 5) is 15.1. The standard InChI is InChI=1S/C23H18BrN3O2/c1-14-7-9-15(10-8-14)20-19-21(26-25-20)23(28)27(13-18-6-3-11-29-18)22(19)16-4-2-5-17(24)12-16/h2-12,22H,13H2,1H3,(H,25,26). The van der Waals surface area contributed by atoms with Crippen LogP contribution in [0.1, 0.15) is 39.0 Å². The minimum atomic E-state index is -0.254. The molecular weight excluding hydrogens is 430 g/mol. The molecule has 6 heteroatoms. The average molecular weight is 448 g/mol. The maximum atomic E-state index is 13.3. The van der Waals surface area contributed by atoms with Gasteiger partial charge in [0.05, 0.1) is 24.5 Å². The topological polar surface area (TPSA) is 62.1 Å². The zero-order valence-electron chi connectivity index (χ0n) is 15.7. The fourth-order valence-electron chi connectivity index (χ4n) is 3.88. The summed E-state index contributed by atoms with van der Waals surface area (Å²) in [6.45, 7) is 2.44. The Bertz CT molecular complexity index is 1180. The predicted molar refractivity (Wildman–Crippen MR) is 113 cm³/mol. The van der Waals surface area contributed by atoms with Crippen molar-refractivity contribution >= 4 is 21.8 Å². The van der Waals surface area contributed by atoms with Crippen molar-refractivity contribution in [2.24, 2.45) is 0 Å². The second-order valence-corrected chi connectivity index (χ2v) is 8.11. The highest BCUT2D eigenvalue weighted by atomic mass is 79.9. The molecule has 0 aliphatic carbocycles. The molecule has 3 heterocycles. The molecule has 0 saturated carbocycles. The Morgan fingerprint density at radius 2 is 1.97 bits per heavy atom. The Hall–Kier alpha value is -3.12. The molecule has 1 unspecified atom stereocenters. The van der Waals surface area contributed by atoms with E-state index < -0.39 is 0 Å². The lowest BCUT2D eigenvalue weighted by Gasteiger charge is -2.25. The number of benzene rings is 2. The van der Waals surface area contributed by atoms with Gasteiger partial charge in [0.15, 0.2) is 0 Å². The van der Waals surface area contributed by atoms with E-state index in [1.165, 1.54) is 5.56 Å². The minimum Gasteiger partial charge on any atom is -0.467 e. The first-order valence-corrected chi connectivity index (χ1v) is 10.2. The SMILES string of the molecule is Cc1ccc(-c2n[nH]c3c2C(c2cccc(Br)c2)N(Cc2ccco2)C3=O)cc1. The van der Waals surface area contributed by atoms with E-state index in [4.69, 9.17) is 4.42 Å². The molecule has 4 aromatic rings. The number of furan rings is 1. The van der Waals surface area contributed by atoms with E-state index in [0.717, 1.165) is 32.6 Å². The van der Waals surface area contributed by atoms with Crippen LogP contribution in [-0.4, -0.2) is 21.0 Å². The molecule has 0 bridgehead atoms. The molecule has 144 valence electrons. The van der Waals surface area contributed by atoms with E-state index in [-0.39, 0.29) is 11.9 Å². The monoisotopic (exact) mass is 447 g/mol. The Labute approximate surface area is 176 Å². The van der Waals surface area contributed by atoms with Crippen molar-refractivity contribution in [2.45, 2.75) is 19.5 Å². The molecule has 0 saturated heterocycles. The lowest BCUT2D eigenvalue weighted by atomic mass is 9.96. The number of carbonyl (C=O) groups is 1. The van der Waals surface area contributed by atoms with Gasteiger partial charge in [0.25, 0.3) is 5.91 Å². The van der Waals surface area contributed by atoms with Crippen molar-refractivity contribution in [1.82, 2.24) is 15.1 Å². The summed E-state index contributed by atoms with van der Waals surface area (Å²) in [5, 5.41) is 7.50. The van der Waals surface area contributed by atoms with Gasteiger partial charge in [0.2, 0.25) is 0 Å². The van der Waals surface area contributed by atoms with Crippen LogP contribution in [0.4, 0.5) is 0 Å². The summed E-state index contributed by atoms with van der Waals surface area (Å²) in [7, 11) is 0. The van der Waals surface area contributed by atoms with Gasteiger partial charge in [0, 0.05) is 15.6 Å². The van der Waals surface area contributed by atoms with E-state index >= 15 is 0 Å². The number of nitrogens with zero attached hydrogens (tertiary/aromatic N) is 2. The number of nitrogens with one attached hydrogen (secondary N) is 1. The summed E-state index contributed by atoms with van der Waals surface area (Å²) in [5.74, 6) is 0.667. The van der Waals surface area contributed by atoms with Crippen molar-refractivity contribution in [3.8, 4) is 11.3 Å². The molecular formula is C23H18BrN3O2. The fourth-order valence-corrected chi connectivity index (χ4v) is 4.30. The average Bonchev–Trinajstić information content (AvgIpc) is 3.43. The molecule has 0 spiro atoms. The van der Waals surface area contributed by atoms with E-state index in [1.807, 2.05) is 53.4 Å². The van der Waals surface area contributed by atoms with Gasteiger partial charge >= 0.3 is 0 Å². The second kappa shape index (κ2) is 7.04. The summed E-state index contributed by atoms with van der Waals surface area (Å²) in [6.07, 6.45) is 1.63. The van der Waals surface area contributed by atoms with Crippen LogP contribution < -0.4 is 0 Å². The van der Waals surface area contributed by atoms with Crippen LogP contribution in [0.25, 0.3) is 11.3 Å². The third-order valence-corrected chi connectivity index (χ3v) is 5.75. The Morgan fingerprint density at radius 3 is 2.69 bits per heavy atom. The number of hydrogen-bond acceptors (Lipinski definition) is 3. The highest BCUT2D eigenvalue weighted by Crippen LogP contribution is 2.43. The van der Waals surface area contributed by atoms with E-state index in [9.17, 15) is 4.79 Å². The molecule has 1 aliphatic heterocycles. The van der Waals surface area contributed by atoms with Crippen molar-refractivity contribution in [2.75, 3.05) is 0 Å². The smallest absolute Gasteiger partial charge is 0.273 e. The highest BCUT2D eigenvalue weighted by Gasteiger charge is 2.42. The van der Waals surface area contributed by atoms with Crippen LogP contribution in [-0.2, 0) is 6.54 Å². The summed E-state index contributed by atoms with van der Waals surface area (Å²) in [6, 6.07) is 19.7. The number of rotatable bonds is 4. The first-order valence-electron chi connectivity index (χ1n) is 9.36. The molecule has 5 rings (SSSR count). The van der Waals surface area contributed by atoms with Crippen molar-refractivity contribution in [3.05, 3.63) is 99.5 Å². The van der Waals surface area contributed by atoms with Crippen molar-refractivity contribution < 1.29 is 9.21 Å². The van der Waals surface area contributed by atoms with Gasteiger partial charge in [-0.3, -0.25) is 9.89 Å². The third-order valence-electron chi connectivity index (χ3n) is 5.26. The van der Waals surface area contributed by atoms with Gasteiger partial charge in [-0.1, -0.05) is 57.9 Å². The van der Waals surface area contributed by atoms with Crippen LogP contribution in [0.15, 0.2) is 75.8 Å². The second-order valence-electron chi connectivity index (χ2n) is 7.20. The molecule has 2 aromatic heterocycles. The van der Waals surface area contributed by atoms with Crippen molar-refractivity contribution in [3.63, 3.8) is 0 Å². The lowest BCUT2D eigenvalue weighted by molar-refractivity contribution is 0.0717. The van der Waals surface area contributed by atoms with Crippen LogP contribution in [0, 0.1) is 6.92 Å². The lowest BCUT2D eigenvalue weighted by Crippen LogP contribution is -2.29. The maximum Gasteiger partial charge on any atom is 0.273 e. The Kier molecular flexibility index (Phi) is 4.36. The van der Waals surface area contributed by atoms with Crippen LogP contribution in [0.3, 0.4) is 0 Å². The zero-order chi connectivity index (χ0) is 20.0. The molecule has 29 heavy (non-hydrogen) atoms. The number of H-pyrrole nitrogens is 1. The molecule has 1 N–H and O–H groups in total. The minimum absolute atomic E-state index is 0.0766. The molecule has 1 aliphatic rings. The van der Waals surface area contributed by atoms with Gasteiger partial charge in [-0.2, -0.15) is 5.10 Å². The third kappa shape index (κ3) is 3.09. The number of fused-ring (bicyclic) bond motifs is 1. The molecule has 0 fully saturated rings. The predicted octanol–water partition coefficient (Wildman–Crippen LogP) is 5.49. The first-order chi connectivity index (χ1) is 14.1. The summed E-state index contributed by atoms with van der Waals surface area (Å²) in [5.41, 5.74) is 5.44. The Balaban J connectivity index is 1.67. The van der Waals surface area contributed by atoms with Gasteiger partial charge < -0.3 is 9.32 Å². The van der Waals surface area contributed by atoms with Crippen LogP contribution in [0.5, 0.6) is 0 Å². The number of halogens is 1. The summed E-state index contributed by atoms with van der Waals surface area (Å²) < 4.78 is 6.49. The highest BCUT2D eigenvalue weighted by molar-refractivity contribution is 9.10. The molecule has 1 amide bonds. The maximum absolute atomic E-state index is 13.3. The number of carbonyl (C=O) groups excluding carboxylic acids is 1. The van der Waals surface area contributed by atoms with Gasteiger partial charge in [-0.15, -0.1) is 0 Å². The van der Waals surface area contributed by atoms with E-state index in [2.05, 4.69) is 45.2 Å². The van der Waals surface area contributed by atoms with Gasteiger partial charge in [-0.25, -0.2) is 0 Å². The quantitative estimate of drug-likeness (QED) is 0.450. The van der Waals surface area contributed by atoms with Crippen LogP contribution >= 0.6 is 15.9 Å². The number of aryl methyl sites for hydroxylation is 1. The molecule has 2 aromatic carbocycles. The number of aromatic amines is 1. The molecule has 5 nitrogen and oxygen atoms in total. The first kappa shape index (κ1) is 17.9.